The number of pyridine rings is 1. The number of hydrogen-bond donors (Lipinski definition) is 5. The van der Waals surface area contributed by atoms with E-state index < -0.39 is 35.2 Å². The maximum atomic E-state index is 15.0. The number of hydrogen-bond acceptors (Lipinski definition) is 7. The lowest BCUT2D eigenvalue weighted by Crippen LogP contribution is -2.46. The second-order valence-corrected chi connectivity index (χ2v) is 7.08. The molecule has 0 saturated carbocycles. The largest absolute Gasteiger partial charge is 0.493 e. The van der Waals surface area contributed by atoms with Crippen LogP contribution in [0.1, 0.15) is 27.5 Å². The molecule has 0 aliphatic rings. The molecule has 0 saturated heterocycles. The van der Waals surface area contributed by atoms with Gasteiger partial charge in [-0.1, -0.05) is 0 Å². The van der Waals surface area contributed by atoms with Gasteiger partial charge in [-0.3, -0.25) is 25.8 Å². The molecule has 3 aromatic rings. The van der Waals surface area contributed by atoms with E-state index in [1.807, 2.05) is 0 Å². The van der Waals surface area contributed by atoms with Crippen LogP contribution in [0.3, 0.4) is 0 Å². The number of anilines is 1. The molecule has 0 aliphatic heterocycles. The van der Waals surface area contributed by atoms with Crippen LogP contribution in [0.25, 0.3) is 0 Å². The van der Waals surface area contributed by atoms with Gasteiger partial charge in [-0.15, -0.1) is 0 Å². The lowest BCUT2D eigenvalue weighted by atomic mass is 10.0. The van der Waals surface area contributed by atoms with Gasteiger partial charge in [0.15, 0.2) is 11.5 Å². The molecule has 0 aliphatic carbocycles. The van der Waals surface area contributed by atoms with Crippen molar-refractivity contribution in [2.45, 2.75) is 6.04 Å². The predicted octanol–water partition coefficient (Wildman–Crippen LogP) is 2.28. The van der Waals surface area contributed by atoms with Gasteiger partial charge in [-0.25, -0.2) is 9.37 Å². The van der Waals surface area contributed by atoms with E-state index in [0.29, 0.717) is 11.3 Å². The molecule has 0 spiro atoms. The molecule has 2 aromatic carbocycles. The van der Waals surface area contributed by atoms with Gasteiger partial charge in [-0.2, -0.15) is 4.39 Å². The first-order chi connectivity index (χ1) is 16.7. The quantitative estimate of drug-likeness (QED) is 0.142. The fourth-order valence-electron chi connectivity index (χ4n) is 3.10. The summed E-state index contributed by atoms with van der Waals surface area (Å²) < 4.78 is 39.1. The van der Waals surface area contributed by atoms with Crippen molar-refractivity contribution in [3.63, 3.8) is 0 Å². The summed E-state index contributed by atoms with van der Waals surface area (Å²) in [6.07, 6.45) is 1.17. The molecule has 10 nitrogen and oxygen atoms in total. The molecular weight excluding hydrogens is 462 g/mol. The average Bonchev–Trinajstić information content (AvgIpc) is 2.86. The summed E-state index contributed by atoms with van der Waals surface area (Å²) in [5, 5.41) is 10.4. The van der Waals surface area contributed by atoms with Crippen LogP contribution in [-0.4, -0.2) is 36.9 Å². The third-order valence-electron chi connectivity index (χ3n) is 4.89. The van der Waals surface area contributed by atoms with Crippen LogP contribution in [0.5, 0.6) is 11.5 Å². The van der Waals surface area contributed by atoms with E-state index in [1.54, 1.807) is 12.1 Å². The predicted molar refractivity (Wildman–Crippen MR) is 123 cm³/mol. The number of carbonyl (C=O) groups is 2. The van der Waals surface area contributed by atoms with Gasteiger partial charge in [0.2, 0.25) is 5.95 Å². The maximum Gasteiger partial charge on any atom is 0.274 e. The Balaban J connectivity index is 1.91. The number of hydrazine groups is 1. The number of carbonyl (C=O) groups excluding carboxylic acids is 2. The van der Waals surface area contributed by atoms with Gasteiger partial charge >= 0.3 is 0 Å². The molecule has 6 N–H and O–H groups in total. The molecule has 0 radical (unpaired) electrons. The smallest absolute Gasteiger partial charge is 0.274 e. The Kier molecular flexibility index (Phi) is 7.77. The third-order valence-corrected chi connectivity index (χ3v) is 4.89. The number of nitrogens with zero attached hydrogens (tertiary/aromatic N) is 1. The molecule has 182 valence electrons. The maximum absolute atomic E-state index is 15.0. The standard InChI is InChI=1S/C23H22F2N6O4/c1-34-17-10-15(16(24)11-18(17)35-2)19(29-13-7-5-12(6-8-13)21(26)27)23(33)31-30-22(32)14-4-3-9-28-20(14)25/h3-11,19,29H,1-2H3,(H3,26,27)(H,30,32)(H,31,33). The molecule has 0 bridgehead atoms. The van der Waals surface area contributed by atoms with Crippen molar-refractivity contribution < 1.29 is 27.8 Å². The van der Waals surface area contributed by atoms with Crippen molar-refractivity contribution in [1.82, 2.24) is 15.8 Å². The number of amidine groups is 1. The summed E-state index contributed by atoms with van der Waals surface area (Å²) in [6.45, 7) is 0. The van der Waals surface area contributed by atoms with E-state index >= 15 is 4.39 Å². The molecule has 3 rings (SSSR count). The minimum Gasteiger partial charge on any atom is -0.493 e. The van der Waals surface area contributed by atoms with Gasteiger partial charge in [0.25, 0.3) is 11.8 Å². The number of amides is 2. The topological polar surface area (TPSA) is 151 Å². The highest BCUT2D eigenvalue weighted by atomic mass is 19.1. The molecule has 1 aromatic heterocycles. The number of nitrogen functional groups attached to an aromatic ring is 1. The SMILES string of the molecule is COc1cc(F)c(C(Nc2ccc(C(=N)N)cc2)C(=O)NNC(=O)c2cccnc2F)cc1OC. The number of ether oxygens (including phenoxy) is 2. The molecule has 2 amide bonds. The monoisotopic (exact) mass is 484 g/mol. The number of halogens is 2. The van der Waals surface area contributed by atoms with Crippen LogP contribution in [0.15, 0.2) is 54.7 Å². The summed E-state index contributed by atoms with van der Waals surface area (Å²) in [5.74, 6) is -3.52. The Hall–Kier alpha value is -4.74. The van der Waals surface area contributed by atoms with Gasteiger partial charge in [0.05, 0.1) is 19.8 Å². The van der Waals surface area contributed by atoms with Crippen LogP contribution < -0.4 is 31.4 Å². The summed E-state index contributed by atoms with van der Waals surface area (Å²) in [5.41, 5.74) is 10.0. The number of rotatable bonds is 8. The van der Waals surface area contributed by atoms with E-state index in [9.17, 15) is 14.0 Å². The van der Waals surface area contributed by atoms with Gasteiger partial charge in [-0.05, 0) is 42.5 Å². The number of methoxy groups -OCH3 is 2. The summed E-state index contributed by atoms with van der Waals surface area (Å²) in [4.78, 5) is 28.7. The van der Waals surface area contributed by atoms with Crippen molar-refractivity contribution in [2.75, 3.05) is 19.5 Å². The zero-order valence-corrected chi connectivity index (χ0v) is 18.7. The van der Waals surface area contributed by atoms with Crippen molar-refractivity contribution >= 4 is 23.3 Å². The minimum absolute atomic E-state index is 0.110. The van der Waals surface area contributed by atoms with Crippen molar-refractivity contribution in [3.8, 4) is 11.5 Å². The average molecular weight is 484 g/mol. The second kappa shape index (κ2) is 10.9. The Bertz CT molecular complexity index is 1250. The van der Waals surface area contributed by atoms with E-state index in [-0.39, 0.29) is 22.9 Å². The fraction of sp³-hybridized carbons (Fsp3) is 0.130. The highest BCUT2D eigenvalue weighted by Gasteiger charge is 2.27. The van der Waals surface area contributed by atoms with Crippen LogP contribution in [0.2, 0.25) is 0 Å². The normalized spacial score (nSPS) is 11.2. The number of nitrogens with one attached hydrogen (secondary N) is 4. The molecule has 1 heterocycles. The fourth-order valence-corrected chi connectivity index (χ4v) is 3.10. The van der Waals surface area contributed by atoms with Crippen molar-refractivity contribution in [1.29, 1.82) is 5.41 Å². The number of aromatic nitrogens is 1. The lowest BCUT2D eigenvalue weighted by molar-refractivity contribution is -0.122. The molecule has 1 atom stereocenters. The molecular formula is C23H22F2N6O4. The van der Waals surface area contributed by atoms with Crippen molar-refractivity contribution in [2.24, 2.45) is 5.73 Å². The van der Waals surface area contributed by atoms with E-state index in [1.165, 1.54) is 50.7 Å². The second-order valence-electron chi connectivity index (χ2n) is 7.08. The minimum atomic E-state index is -1.38. The van der Waals surface area contributed by atoms with Crippen LogP contribution in [0, 0.1) is 17.2 Å². The van der Waals surface area contributed by atoms with Gasteiger partial charge in [0.1, 0.15) is 17.7 Å². The Labute approximate surface area is 198 Å². The van der Waals surface area contributed by atoms with Crippen molar-refractivity contribution in [3.05, 3.63) is 83.2 Å². The first-order valence-corrected chi connectivity index (χ1v) is 10.1. The van der Waals surface area contributed by atoms with E-state index in [2.05, 4.69) is 21.2 Å². The number of nitrogens with two attached hydrogens (primary N) is 1. The summed E-state index contributed by atoms with van der Waals surface area (Å²) in [7, 11) is 2.69. The van der Waals surface area contributed by atoms with E-state index in [4.69, 9.17) is 20.6 Å². The lowest BCUT2D eigenvalue weighted by Gasteiger charge is -2.22. The molecule has 1 unspecified atom stereocenters. The Morgan fingerprint density at radius 1 is 1.03 bits per heavy atom. The van der Waals surface area contributed by atoms with Crippen LogP contribution in [0.4, 0.5) is 14.5 Å². The molecule has 12 heteroatoms. The Morgan fingerprint density at radius 3 is 2.29 bits per heavy atom. The highest BCUT2D eigenvalue weighted by Crippen LogP contribution is 2.33. The highest BCUT2D eigenvalue weighted by molar-refractivity contribution is 5.97. The van der Waals surface area contributed by atoms with Gasteiger partial charge < -0.3 is 20.5 Å². The third kappa shape index (κ3) is 5.79. The van der Waals surface area contributed by atoms with Crippen LogP contribution >= 0.6 is 0 Å². The van der Waals surface area contributed by atoms with Gasteiger partial charge in [0, 0.05) is 29.1 Å². The van der Waals surface area contributed by atoms with Crippen LogP contribution in [-0.2, 0) is 4.79 Å². The summed E-state index contributed by atoms with van der Waals surface area (Å²) in [6, 6.07) is 9.65. The summed E-state index contributed by atoms with van der Waals surface area (Å²) >= 11 is 0. The zero-order chi connectivity index (χ0) is 25.5. The zero-order valence-electron chi connectivity index (χ0n) is 18.7. The first-order valence-electron chi connectivity index (χ1n) is 10.1. The Morgan fingerprint density at radius 2 is 1.69 bits per heavy atom. The first kappa shape index (κ1) is 24.9. The number of benzene rings is 2. The molecule has 0 fully saturated rings. The molecule has 35 heavy (non-hydrogen) atoms. The van der Waals surface area contributed by atoms with E-state index in [0.717, 1.165) is 6.07 Å².